The molecule has 0 aliphatic carbocycles. The Balaban J connectivity index is 1.84. The third-order valence-corrected chi connectivity index (χ3v) is 3.07. The van der Waals surface area contributed by atoms with Gasteiger partial charge in [-0.05, 0) is 50.2 Å². The highest BCUT2D eigenvalue weighted by Crippen LogP contribution is 2.13. The molecule has 0 saturated heterocycles. The Kier molecular flexibility index (Phi) is 5.74. The molecule has 0 aliphatic heterocycles. The average molecular weight is 313 g/mol. The van der Waals surface area contributed by atoms with Crippen LogP contribution in [-0.4, -0.2) is 25.1 Å². The molecular formula is C18H19NO4. The van der Waals surface area contributed by atoms with Gasteiger partial charge < -0.3 is 14.8 Å². The first-order valence-corrected chi connectivity index (χ1v) is 7.35. The Bertz CT molecular complexity index is 662. The molecule has 0 radical (unpaired) electrons. The second kappa shape index (κ2) is 7.98. The van der Waals surface area contributed by atoms with Crippen molar-refractivity contribution in [1.82, 2.24) is 0 Å². The van der Waals surface area contributed by atoms with Gasteiger partial charge in [-0.15, -0.1) is 0 Å². The van der Waals surface area contributed by atoms with Gasteiger partial charge in [-0.2, -0.15) is 0 Å². The first kappa shape index (κ1) is 16.5. The lowest BCUT2D eigenvalue weighted by molar-refractivity contribution is -0.118. The number of aryl methyl sites for hydroxylation is 1. The number of carbonyl (C=O) groups is 2. The Morgan fingerprint density at radius 3 is 2.26 bits per heavy atom. The highest BCUT2D eigenvalue weighted by molar-refractivity contribution is 5.92. The molecule has 2 aromatic rings. The molecule has 0 unspecified atom stereocenters. The van der Waals surface area contributed by atoms with Gasteiger partial charge in [0, 0.05) is 5.69 Å². The van der Waals surface area contributed by atoms with Gasteiger partial charge in [-0.3, -0.25) is 4.79 Å². The summed E-state index contributed by atoms with van der Waals surface area (Å²) in [5, 5.41) is 2.75. The molecule has 0 atom stereocenters. The Hall–Kier alpha value is -2.82. The molecule has 120 valence electrons. The number of esters is 1. The number of hydrogen-bond donors (Lipinski definition) is 1. The summed E-state index contributed by atoms with van der Waals surface area (Å²) in [6, 6.07) is 14.0. The Labute approximate surface area is 135 Å². The first-order valence-electron chi connectivity index (χ1n) is 7.35. The van der Waals surface area contributed by atoms with Crippen LogP contribution in [0.5, 0.6) is 5.75 Å². The summed E-state index contributed by atoms with van der Waals surface area (Å²) in [5.74, 6) is -0.114. The van der Waals surface area contributed by atoms with Gasteiger partial charge in [0.1, 0.15) is 5.75 Å². The van der Waals surface area contributed by atoms with Crippen LogP contribution in [0, 0.1) is 6.92 Å². The van der Waals surface area contributed by atoms with Crippen molar-refractivity contribution in [1.29, 1.82) is 0 Å². The molecule has 0 spiro atoms. The van der Waals surface area contributed by atoms with E-state index < -0.39 is 0 Å². The standard InChI is InChI=1S/C18H19NO4/c1-3-22-18(21)14-6-10-16(11-7-14)23-12-17(20)19-15-8-4-13(2)5-9-15/h4-11H,3,12H2,1-2H3,(H,19,20). The summed E-state index contributed by atoms with van der Waals surface area (Å²) < 4.78 is 10.3. The van der Waals surface area contributed by atoms with Gasteiger partial charge in [-0.1, -0.05) is 17.7 Å². The summed E-state index contributed by atoms with van der Waals surface area (Å²) in [4.78, 5) is 23.3. The lowest BCUT2D eigenvalue weighted by Crippen LogP contribution is -2.20. The topological polar surface area (TPSA) is 64.6 Å². The molecule has 0 aliphatic rings. The summed E-state index contributed by atoms with van der Waals surface area (Å²) in [7, 11) is 0. The summed E-state index contributed by atoms with van der Waals surface area (Å²) in [5.41, 5.74) is 2.30. The predicted octanol–water partition coefficient (Wildman–Crippen LogP) is 3.19. The van der Waals surface area contributed by atoms with Crippen molar-refractivity contribution >= 4 is 17.6 Å². The quantitative estimate of drug-likeness (QED) is 0.832. The van der Waals surface area contributed by atoms with Crippen LogP contribution in [-0.2, 0) is 9.53 Å². The monoisotopic (exact) mass is 313 g/mol. The lowest BCUT2D eigenvalue weighted by atomic mass is 10.2. The second-order valence-corrected chi connectivity index (χ2v) is 4.95. The fraction of sp³-hybridized carbons (Fsp3) is 0.222. The van der Waals surface area contributed by atoms with E-state index >= 15 is 0 Å². The van der Waals surface area contributed by atoms with E-state index in [1.165, 1.54) is 0 Å². The minimum Gasteiger partial charge on any atom is -0.484 e. The molecule has 5 nitrogen and oxygen atoms in total. The zero-order chi connectivity index (χ0) is 16.7. The van der Waals surface area contributed by atoms with E-state index in [4.69, 9.17) is 9.47 Å². The largest absolute Gasteiger partial charge is 0.484 e. The van der Waals surface area contributed by atoms with Crippen LogP contribution in [0.4, 0.5) is 5.69 Å². The molecule has 5 heteroatoms. The molecule has 2 aromatic carbocycles. The molecule has 0 saturated carbocycles. The fourth-order valence-electron chi connectivity index (χ4n) is 1.88. The van der Waals surface area contributed by atoms with E-state index in [2.05, 4.69) is 5.32 Å². The third kappa shape index (κ3) is 5.14. The molecule has 1 amide bonds. The molecule has 0 bridgehead atoms. The fourth-order valence-corrected chi connectivity index (χ4v) is 1.88. The summed E-state index contributed by atoms with van der Waals surface area (Å²) in [6.07, 6.45) is 0. The minimum absolute atomic E-state index is 0.105. The van der Waals surface area contributed by atoms with Crippen LogP contribution in [0.1, 0.15) is 22.8 Å². The number of amides is 1. The summed E-state index contributed by atoms with van der Waals surface area (Å²) >= 11 is 0. The van der Waals surface area contributed by atoms with Gasteiger partial charge in [-0.25, -0.2) is 4.79 Å². The van der Waals surface area contributed by atoms with Crippen LogP contribution in [0.2, 0.25) is 0 Å². The number of rotatable bonds is 6. The van der Waals surface area contributed by atoms with E-state index in [0.29, 0.717) is 17.9 Å². The zero-order valence-electron chi connectivity index (χ0n) is 13.2. The molecular weight excluding hydrogens is 294 g/mol. The number of nitrogens with one attached hydrogen (secondary N) is 1. The maximum atomic E-state index is 11.8. The minimum atomic E-state index is -0.379. The SMILES string of the molecule is CCOC(=O)c1ccc(OCC(=O)Nc2ccc(C)cc2)cc1. The molecule has 23 heavy (non-hydrogen) atoms. The van der Waals surface area contributed by atoms with Crippen LogP contribution >= 0.6 is 0 Å². The third-order valence-electron chi connectivity index (χ3n) is 3.07. The van der Waals surface area contributed by atoms with E-state index in [1.807, 2.05) is 31.2 Å². The number of carbonyl (C=O) groups excluding carboxylic acids is 2. The van der Waals surface area contributed by atoms with Crippen molar-refractivity contribution in [3.05, 3.63) is 59.7 Å². The van der Waals surface area contributed by atoms with Crippen LogP contribution < -0.4 is 10.1 Å². The molecule has 0 fully saturated rings. The van der Waals surface area contributed by atoms with Gasteiger partial charge >= 0.3 is 5.97 Å². The maximum Gasteiger partial charge on any atom is 0.338 e. The van der Waals surface area contributed by atoms with Crippen molar-refractivity contribution in [3.8, 4) is 5.75 Å². The van der Waals surface area contributed by atoms with Crippen molar-refractivity contribution in [2.75, 3.05) is 18.5 Å². The van der Waals surface area contributed by atoms with Crippen molar-refractivity contribution in [3.63, 3.8) is 0 Å². The molecule has 2 rings (SSSR count). The highest BCUT2D eigenvalue weighted by Gasteiger charge is 2.07. The zero-order valence-corrected chi connectivity index (χ0v) is 13.2. The van der Waals surface area contributed by atoms with Gasteiger partial charge in [0.25, 0.3) is 5.91 Å². The first-order chi connectivity index (χ1) is 11.1. The van der Waals surface area contributed by atoms with E-state index in [0.717, 1.165) is 11.3 Å². The second-order valence-electron chi connectivity index (χ2n) is 4.95. The van der Waals surface area contributed by atoms with Crippen molar-refractivity contribution in [2.45, 2.75) is 13.8 Å². The highest BCUT2D eigenvalue weighted by atomic mass is 16.5. The number of ether oxygens (including phenoxy) is 2. The van der Waals surface area contributed by atoms with Crippen LogP contribution in [0.3, 0.4) is 0 Å². The lowest BCUT2D eigenvalue weighted by Gasteiger charge is -2.08. The van der Waals surface area contributed by atoms with E-state index in [9.17, 15) is 9.59 Å². The van der Waals surface area contributed by atoms with Crippen molar-refractivity contribution in [2.24, 2.45) is 0 Å². The van der Waals surface area contributed by atoms with Crippen LogP contribution in [0.15, 0.2) is 48.5 Å². The molecule has 0 aromatic heterocycles. The van der Waals surface area contributed by atoms with Crippen molar-refractivity contribution < 1.29 is 19.1 Å². The molecule has 0 heterocycles. The van der Waals surface area contributed by atoms with E-state index in [-0.39, 0.29) is 18.5 Å². The molecule has 1 N–H and O–H groups in total. The average Bonchev–Trinajstić information content (AvgIpc) is 2.56. The number of anilines is 1. The predicted molar refractivity (Wildman–Crippen MR) is 87.7 cm³/mol. The number of benzene rings is 2. The Morgan fingerprint density at radius 2 is 1.65 bits per heavy atom. The maximum absolute atomic E-state index is 11.8. The van der Waals surface area contributed by atoms with Crippen LogP contribution in [0.25, 0.3) is 0 Å². The van der Waals surface area contributed by atoms with Gasteiger partial charge in [0.2, 0.25) is 0 Å². The van der Waals surface area contributed by atoms with Gasteiger partial charge in [0.15, 0.2) is 6.61 Å². The normalized spacial score (nSPS) is 10.0. The van der Waals surface area contributed by atoms with E-state index in [1.54, 1.807) is 31.2 Å². The number of hydrogen-bond acceptors (Lipinski definition) is 4. The van der Waals surface area contributed by atoms with Gasteiger partial charge in [0.05, 0.1) is 12.2 Å². The smallest absolute Gasteiger partial charge is 0.338 e. The summed E-state index contributed by atoms with van der Waals surface area (Å²) in [6.45, 7) is 3.96. The Morgan fingerprint density at radius 1 is 1.00 bits per heavy atom.